The molecule has 0 aromatic carbocycles. The molecule has 0 bridgehead atoms. The van der Waals surface area contributed by atoms with Crippen molar-refractivity contribution in [1.29, 1.82) is 0 Å². The topological polar surface area (TPSA) is 38.8 Å². The number of halogens is 1. The fourth-order valence-corrected chi connectivity index (χ4v) is 2.86. The van der Waals surface area contributed by atoms with E-state index in [1.807, 2.05) is 4.90 Å². The first-order chi connectivity index (χ1) is 8.26. The van der Waals surface area contributed by atoms with Crippen LogP contribution in [0.15, 0.2) is 0 Å². The van der Waals surface area contributed by atoms with Crippen molar-refractivity contribution in [2.24, 2.45) is 0 Å². The Bertz CT molecular complexity index is 266. The summed E-state index contributed by atoms with van der Waals surface area (Å²) in [6.45, 7) is 2.78. The lowest BCUT2D eigenvalue weighted by Crippen LogP contribution is -2.51. The van der Waals surface area contributed by atoms with Crippen molar-refractivity contribution < 1.29 is 14.3 Å². The van der Waals surface area contributed by atoms with Crippen LogP contribution in [0.5, 0.6) is 0 Å². The van der Waals surface area contributed by atoms with Crippen molar-refractivity contribution in [1.82, 2.24) is 4.90 Å². The average molecular weight is 306 g/mol. The van der Waals surface area contributed by atoms with Gasteiger partial charge < -0.3 is 14.4 Å². The Morgan fingerprint density at radius 1 is 1.29 bits per heavy atom. The summed E-state index contributed by atoms with van der Waals surface area (Å²) in [7, 11) is 0. The third-order valence-electron chi connectivity index (χ3n) is 3.36. The lowest BCUT2D eigenvalue weighted by molar-refractivity contribution is -0.193. The van der Waals surface area contributed by atoms with Gasteiger partial charge in [-0.05, 0) is 19.3 Å². The van der Waals surface area contributed by atoms with Crippen LogP contribution in [0.4, 0.5) is 0 Å². The van der Waals surface area contributed by atoms with Crippen LogP contribution in [0.3, 0.4) is 0 Å². The van der Waals surface area contributed by atoms with Crippen LogP contribution in [0.1, 0.15) is 32.1 Å². The standard InChI is InChI=1S/C12H20BrNO3/c13-6-2-1-4-11(15)14-7-3-5-12(10-14)16-8-9-17-12/h1-10H2. The molecule has 17 heavy (non-hydrogen) atoms. The highest BCUT2D eigenvalue weighted by molar-refractivity contribution is 9.09. The molecule has 0 unspecified atom stereocenters. The number of amides is 1. The van der Waals surface area contributed by atoms with Crippen molar-refractivity contribution in [3.05, 3.63) is 0 Å². The zero-order valence-corrected chi connectivity index (χ0v) is 11.7. The van der Waals surface area contributed by atoms with E-state index < -0.39 is 5.79 Å². The minimum absolute atomic E-state index is 0.240. The minimum atomic E-state index is -0.483. The van der Waals surface area contributed by atoms with Gasteiger partial charge in [-0.1, -0.05) is 15.9 Å². The fourth-order valence-electron chi connectivity index (χ4n) is 2.46. The van der Waals surface area contributed by atoms with Gasteiger partial charge in [0.05, 0.1) is 19.8 Å². The smallest absolute Gasteiger partial charge is 0.222 e. The van der Waals surface area contributed by atoms with E-state index in [2.05, 4.69) is 15.9 Å². The van der Waals surface area contributed by atoms with Crippen LogP contribution in [0.2, 0.25) is 0 Å². The largest absolute Gasteiger partial charge is 0.346 e. The summed E-state index contributed by atoms with van der Waals surface area (Å²) in [5, 5.41) is 0.969. The third kappa shape index (κ3) is 3.42. The molecule has 5 heteroatoms. The monoisotopic (exact) mass is 305 g/mol. The van der Waals surface area contributed by atoms with E-state index in [4.69, 9.17) is 9.47 Å². The minimum Gasteiger partial charge on any atom is -0.346 e. The maximum absolute atomic E-state index is 12.0. The average Bonchev–Trinajstić information content (AvgIpc) is 2.77. The maximum atomic E-state index is 12.0. The highest BCUT2D eigenvalue weighted by Crippen LogP contribution is 2.30. The van der Waals surface area contributed by atoms with Crippen molar-refractivity contribution >= 4 is 21.8 Å². The van der Waals surface area contributed by atoms with Crippen LogP contribution in [-0.2, 0) is 14.3 Å². The highest BCUT2D eigenvalue weighted by Gasteiger charge is 2.41. The van der Waals surface area contributed by atoms with Crippen LogP contribution >= 0.6 is 15.9 Å². The van der Waals surface area contributed by atoms with Gasteiger partial charge in [0.2, 0.25) is 5.91 Å². The molecule has 0 atom stereocenters. The first kappa shape index (κ1) is 13.3. The molecule has 0 saturated carbocycles. The molecule has 0 N–H and O–H groups in total. The van der Waals surface area contributed by atoms with Crippen LogP contribution < -0.4 is 0 Å². The molecule has 2 rings (SSSR count). The fraction of sp³-hybridized carbons (Fsp3) is 0.917. The molecule has 2 heterocycles. The third-order valence-corrected chi connectivity index (χ3v) is 3.92. The van der Waals surface area contributed by atoms with E-state index in [1.165, 1.54) is 0 Å². The summed E-state index contributed by atoms with van der Waals surface area (Å²) in [5.41, 5.74) is 0. The van der Waals surface area contributed by atoms with Crippen LogP contribution in [0, 0.1) is 0 Å². The number of unbranched alkanes of at least 4 members (excludes halogenated alkanes) is 1. The van der Waals surface area contributed by atoms with Gasteiger partial charge in [-0.2, -0.15) is 0 Å². The summed E-state index contributed by atoms with van der Waals surface area (Å²) >= 11 is 3.38. The predicted molar refractivity (Wildman–Crippen MR) is 68.1 cm³/mol. The van der Waals surface area contributed by atoms with E-state index in [9.17, 15) is 4.79 Å². The second-order valence-electron chi connectivity index (χ2n) is 4.67. The molecule has 1 spiro atoms. The molecule has 98 valence electrons. The number of carbonyl (C=O) groups is 1. The number of likely N-dealkylation sites (tertiary alicyclic amines) is 1. The van der Waals surface area contributed by atoms with Crippen molar-refractivity contribution in [2.75, 3.05) is 31.6 Å². The normalized spacial score (nSPS) is 23.2. The lowest BCUT2D eigenvalue weighted by atomic mass is 10.0. The molecular weight excluding hydrogens is 286 g/mol. The molecule has 1 amide bonds. The number of nitrogens with zero attached hydrogens (tertiary/aromatic N) is 1. The number of alkyl halides is 1. The van der Waals surface area contributed by atoms with Gasteiger partial charge in [-0.15, -0.1) is 0 Å². The summed E-state index contributed by atoms with van der Waals surface area (Å²) in [4.78, 5) is 13.9. The van der Waals surface area contributed by atoms with Crippen molar-refractivity contribution in [2.45, 2.75) is 37.9 Å². The Balaban J connectivity index is 1.82. The van der Waals surface area contributed by atoms with Crippen molar-refractivity contribution in [3.8, 4) is 0 Å². The molecule has 0 radical (unpaired) electrons. The second kappa shape index (κ2) is 6.16. The van der Waals surface area contributed by atoms with E-state index in [-0.39, 0.29) is 5.91 Å². The van der Waals surface area contributed by atoms with Gasteiger partial charge in [0.1, 0.15) is 0 Å². The summed E-state index contributed by atoms with van der Waals surface area (Å²) < 4.78 is 11.3. The molecule has 2 aliphatic rings. The SMILES string of the molecule is O=C(CCCCBr)N1CCCC2(C1)OCCO2. The molecule has 4 nitrogen and oxygen atoms in total. The quantitative estimate of drug-likeness (QED) is 0.588. The van der Waals surface area contributed by atoms with Gasteiger partial charge in [-0.3, -0.25) is 4.79 Å². The number of carbonyl (C=O) groups excluding carboxylic acids is 1. The van der Waals surface area contributed by atoms with E-state index in [0.29, 0.717) is 26.2 Å². The predicted octanol–water partition coefficient (Wildman–Crippen LogP) is 1.92. The Kier molecular flexibility index (Phi) is 4.82. The highest BCUT2D eigenvalue weighted by atomic mass is 79.9. The lowest BCUT2D eigenvalue weighted by Gasteiger charge is -2.38. The number of piperidine rings is 1. The Morgan fingerprint density at radius 3 is 2.76 bits per heavy atom. The Morgan fingerprint density at radius 2 is 2.06 bits per heavy atom. The summed E-state index contributed by atoms with van der Waals surface area (Å²) in [6.07, 6.45) is 4.54. The van der Waals surface area contributed by atoms with Gasteiger partial charge in [0.25, 0.3) is 0 Å². The first-order valence-corrected chi connectivity index (χ1v) is 7.50. The van der Waals surface area contributed by atoms with E-state index in [1.54, 1.807) is 0 Å². The zero-order chi connectivity index (χ0) is 12.1. The molecule has 0 aliphatic carbocycles. The maximum Gasteiger partial charge on any atom is 0.222 e. The van der Waals surface area contributed by atoms with Crippen molar-refractivity contribution in [3.63, 3.8) is 0 Å². The number of hydrogen-bond acceptors (Lipinski definition) is 3. The van der Waals surface area contributed by atoms with Crippen LogP contribution in [0.25, 0.3) is 0 Å². The van der Waals surface area contributed by atoms with Gasteiger partial charge >= 0.3 is 0 Å². The Labute approximate surface area is 111 Å². The van der Waals surface area contributed by atoms with Gasteiger partial charge in [0, 0.05) is 24.7 Å². The summed E-state index contributed by atoms with van der Waals surface area (Å²) in [5.74, 6) is -0.243. The molecular formula is C12H20BrNO3. The molecule has 2 aliphatic heterocycles. The van der Waals surface area contributed by atoms with Crippen LogP contribution in [-0.4, -0.2) is 48.2 Å². The molecule has 2 saturated heterocycles. The number of rotatable bonds is 4. The summed E-state index contributed by atoms with van der Waals surface area (Å²) in [6, 6.07) is 0. The van der Waals surface area contributed by atoms with E-state index >= 15 is 0 Å². The number of ether oxygens (including phenoxy) is 2. The van der Waals surface area contributed by atoms with Gasteiger partial charge in [0.15, 0.2) is 5.79 Å². The number of hydrogen-bond donors (Lipinski definition) is 0. The first-order valence-electron chi connectivity index (χ1n) is 6.37. The Hall–Kier alpha value is -0.130. The molecule has 0 aromatic heterocycles. The zero-order valence-electron chi connectivity index (χ0n) is 10.1. The van der Waals surface area contributed by atoms with Gasteiger partial charge in [-0.25, -0.2) is 0 Å². The van der Waals surface area contributed by atoms with E-state index in [0.717, 1.165) is 37.6 Å². The molecule has 0 aromatic rings. The second-order valence-corrected chi connectivity index (χ2v) is 5.47. The molecule has 2 fully saturated rings.